The lowest BCUT2D eigenvalue weighted by Gasteiger charge is -2.19. The van der Waals surface area contributed by atoms with Crippen molar-refractivity contribution in [1.29, 1.82) is 0 Å². The molecule has 116 valence electrons. The number of aromatic nitrogens is 1. The number of hydrogen-bond acceptors (Lipinski definition) is 1. The highest BCUT2D eigenvalue weighted by Crippen LogP contribution is 2.21. The summed E-state index contributed by atoms with van der Waals surface area (Å²) in [6.45, 7) is 8.77. The smallest absolute Gasteiger partial charge is 0.270 e. The van der Waals surface area contributed by atoms with Crippen LogP contribution in [-0.2, 0) is 6.54 Å². The van der Waals surface area contributed by atoms with E-state index < -0.39 is 0 Å². The minimum atomic E-state index is 0.190. The second-order valence-electron chi connectivity index (χ2n) is 6.39. The number of carbonyl (C=O) groups is 1. The summed E-state index contributed by atoms with van der Waals surface area (Å²) in [5, 5.41) is 0. The van der Waals surface area contributed by atoms with Crippen LogP contribution in [0.4, 0.5) is 0 Å². The first kappa shape index (κ1) is 14.9. The van der Waals surface area contributed by atoms with Crippen molar-refractivity contribution in [2.24, 2.45) is 0 Å². The highest BCUT2D eigenvalue weighted by Gasteiger charge is 2.25. The summed E-state index contributed by atoms with van der Waals surface area (Å²) in [6, 6.07) is 10.7. The summed E-state index contributed by atoms with van der Waals surface area (Å²) in [6.07, 6.45) is 2.25. The lowest BCUT2D eigenvalue weighted by atomic mass is 10.1. The Kier molecular flexibility index (Phi) is 4.06. The number of nitrogens with zero attached hydrogens (tertiary/aromatic N) is 2. The average Bonchev–Trinajstić information content (AvgIpc) is 3.10. The van der Waals surface area contributed by atoms with Crippen LogP contribution < -0.4 is 0 Å². The van der Waals surface area contributed by atoms with Crippen LogP contribution in [0.1, 0.15) is 45.7 Å². The largest absolute Gasteiger partial charge is 0.337 e. The molecule has 1 aromatic carbocycles. The van der Waals surface area contributed by atoms with Gasteiger partial charge < -0.3 is 9.47 Å². The van der Waals surface area contributed by atoms with Gasteiger partial charge >= 0.3 is 0 Å². The maximum absolute atomic E-state index is 12.9. The molecule has 2 aromatic rings. The van der Waals surface area contributed by atoms with Crippen LogP contribution in [0.5, 0.6) is 0 Å². The van der Waals surface area contributed by atoms with Crippen LogP contribution in [0.2, 0.25) is 0 Å². The third kappa shape index (κ3) is 2.80. The standard InChI is InChI=1S/C19H24N2O/c1-14-6-8-17(9-7-14)13-21-16(3)12-15(2)18(21)19(22)20-10-4-5-11-20/h6-9,12H,4-5,10-11,13H2,1-3H3. The zero-order valence-corrected chi connectivity index (χ0v) is 13.7. The fourth-order valence-corrected chi connectivity index (χ4v) is 3.28. The Balaban J connectivity index is 1.93. The number of hydrogen-bond donors (Lipinski definition) is 0. The van der Waals surface area contributed by atoms with E-state index >= 15 is 0 Å². The molecule has 0 aliphatic carbocycles. The van der Waals surface area contributed by atoms with Gasteiger partial charge in [0.15, 0.2) is 0 Å². The van der Waals surface area contributed by atoms with E-state index in [4.69, 9.17) is 0 Å². The van der Waals surface area contributed by atoms with Gasteiger partial charge in [-0.3, -0.25) is 4.79 Å². The summed E-state index contributed by atoms with van der Waals surface area (Å²) < 4.78 is 2.17. The van der Waals surface area contributed by atoms with E-state index in [1.807, 2.05) is 11.8 Å². The van der Waals surface area contributed by atoms with Gasteiger partial charge in [0.25, 0.3) is 5.91 Å². The molecule has 0 saturated carbocycles. The number of aryl methyl sites for hydroxylation is 3. The third-order valence-electron chi connectivity index (χ3n) is 4.55. The van der Waals surface area contributed by atoms with Crippen molar-refractivity contribution < 1.29 is 4.79 Å². The molecule has 22 heavy (non-hydrogen) atoms. The molecule has 1 aliphatic rings. The van der Waals surface area contributed by atoms with Gasteiger partial charge in [0.2, 0.25) is 0 Å². The van der Waals surface area contributed by atoms with Crippen molar-refractivity contribution in [3.63, 3.8) is 0 Å². The van der Waals surface area contributed by atoms with Crippen LogP contribution in [0.3, 0.4) is 0 Å². The zero-order chi connectivity index (χ0) is 15.7. The minimum absolute atomic E-state index is 0.190. The quantitative estimate of drug-likeness (QED) is 0.848. The summed E-state index contributed by atoms with van der Waals surface area (Å²) >= 11 is 0. The number of rotatable bonds is 3. The van der Waals surface area contributed by atoms with Gasteiger partial charge in [-0.15, -0.1) is 0 Å². The Morgan fingerprint density at radius 3 is 2.32 bits per heavy atom. The predicted molar refractivity (Wildman–Crippen MR) is 89.3 cm³/mol. The maximum Gasteiger partial charge on any atom is 0.270 e. The molecule has 1 fully saturated rings. The number of carbonyl (C=O) groups excluding carboxylic acids is 1. The van der Waals surface area contributed by atoms with Crippen molar-refractivity contribution >= 4 is 5.91 Å². The van der Waals surface area contributed by atoms with Crippen molar-refractivity contribution in [3.05, 3.63) is 58.4 Å². The maximum atomic E-state index is 12.9. The monoisotopic (exact) mass is 296 g/mol. The van der Waals surface area contributed by atoms with E-state index in [0.29, 0.717) is 0 Å². The highest BCUT2D eigenvalue weighted by atomic mass is 16.2. The van der Waals surface area contributed by atoms with Crippen LogP contribution >= 0.6 is 0 Å². The van der Waals surface area contributed by atoms with E-state index in [-0.39, 0.29) is 5.91 Å². The first-order chi connectivity index (χ1) is 10.6. The summed E-state index contributed by atoms with van der Waals surface area (Å²) in [5.41, 5.74) is 5.60. The molecule has 0 radical (unpaired) electrons. The Labute approximate surface area is 132 Å². The molecule has 0 N–H and O–H groups in total. The SMILES string of the molecule is Cc1ccc(Cn2c(C)cc(C)c2C(=O)N2CCCC2)cc1. The molecule has 0 bridgehead atoms. The van der Waals surface area contributed by atoms with Gasteiger partial charge in [-0.05, 0) is 50.8 Å². The lowest BCUT2D eigenvalue weighted by Crippen LogP contribution is -2.30. The van der Waals surface area contributed by atoms with Gasteiger partial charge in [-0.25, -0.2) is 0 Å². The summed E-state index contributed by atoms with van der Waals surface area (Å²) in [5.74, 6) is 0.190. The fraction of sp³-hybridized carbons (Fsp3) is 0.421. The number of benzene rings is 1. The topological polar surface area (TPSA) is 25.2 Å². The third-order valence-corrected chi connectivity index (χ3v) is 4.55. The lowest BCUT2D eigenvalue weighted by molar-refractivity contribution is 0.0781. The van der Waals surface area contributed by atoms with E-state index in [2.05, 4.69) is 48.7 Å². The normalized spacial score (nSPS) is 14.6. The van der Waals surface area contributed by atoms with E-state index in [9.17, 15) is 4.79 Å². The van der Waals surface area contributed by atoms with Crippen LogP contribution in [0.15, 0.2) is 30.3 Å². The molecule has 1 aliphatic heterocycles. The van der Waals surface area contributed by atoms with Gasteiger partial charge in [0.1, 0.15) is 5.69 Å². The Morgan fingerprint density at radius 1 is 1.05 bits per heavy atom. The first-order valence-corrected chi connectivity index (χ1v) is 8.08. The molecular weight excluding hydrogens is 272 g/mol. The first-order valence-electron chi connectivity index (χ1n) is 8.08. The molecule has 1 aromatic heterocycles. The summed E-state index contributed by atoms with van der Waals surface area (Å²) in [7, 11) is 0. The van der Waals surface area contributed by atoms with E-state index in [1.54, 1.807) is 0 Å². The Morgan fingerprint density at radius 2 is 1.68 bits per heavy atom. The zero-order valence-electron chi connectivity index (χ0n) is 13.7. The summed E-state index contributed by atoms with van der Waals surface area (Å²) in [4.78, 5) is 14.8. The molecule has 3 rings (SSSR count). The molecule has 0 spiro atoms. The van der Waals surface area contributed by atoms with Crippen LogP contribution in [-0.4, -0.2) is 28.5 Å². The highest BCUT2D eigenvalue weighted by molar-refractivity contribution is 5.94. The van der Waals surface area contributed by atoms with Gasteiger partial charge in [-0.2, -0.15) is 0 Å². The van der Waals surface area contributed by atoms with Gasteiger partial charge in [-0.1, -0.05) is 29.8 Å². The number of amides is 1. The molecule has 3 nitrogen and oxygen atoms in total. The van der Waals surface area contributed by atoms with Crippen molar-refractivity contribution in [3.8, 4) is 0 Å². The minimum Gasteiger partial charge on any atom is -0.337 e. The predicted octanol–water partition coefficient (Wildman–Crippen LogP) is 3.70. The second-order valence-corrected chi connectivity index (χ2v) is 6.39. The van der Waals surface area contributed by atoms with Crippen LogP contribution in [0.25, 0.3) is 0 Å². The number of likely N-dealkylation sites (tertiary alicyclic amines) is 1. The molecule has 2 heterocycles. The molecule has 0 unspecified atom stereocenters. The second kappa shape index (κ2) is 5.99. The van der Waals surface area contributed by atoms with Crippen molar-refractivity contribution in [1.82, 2.24) is 9.47 Å². The molecule has 1 saturated heterocycles. The molecule has 0 atom stereocenters. The van der Waals surface area contributed by atoms with Gasteiger partial charge in [0.05, 0.1) is 0 Å². The van der Waals surface area contributed by atoms with E-state index in [1.165, 1.54) is 11.1 Å². The van der Waals surface area contributed by atoms with Crippen LogP contribution in [0, 0.1) is 20.8 Å². The van der Waals surface area contributed by atoms with E-state index in [0.717, 1.165) is 49.4 Å². The van der Waals surface area contributed by atoms with Gasteiger partial charge in [0, 0.05) is 25.3 Å². The fourth-order valence-electron chi connectivity index (χ4n) is 3.28. The molecular formula is C19H24N2O. The Bertz CT molecular complexity index is 676. The molecule has 3 heteroatoms. The van der Waals surface area contributed by atoms with Crippen molar-refractivity contribution in [2.75, 3.05) is 13.1 Å². The van der Waals surface area contributed by atoms with Crippen molar-refractivity contribution in [2.45, 2.75) is 40.2 Å². The average molecular weight is 296 g/mol. The Hall–Kier alpha value is -2.03. The molecule has 1 amide bonds.